The second-order valence-electron chi connectivity index (χ2n) is 5.03. The summed E-state index contributed by atoms with van der Waals surface area (Å²) in [4.78, 5) is 12.2. The Kier molecular flexibility index (Phi) is 3.18. The molecule has 0 spiro atoms. The summed E-state index contributed by atoms with van der Waals surface area (Å²) < 4.78 is 5.08. The van der Waals surface area contributed by atoms with Crippen molar-refractivity contribution in [3.63, 3.8) is 0 Å². The van der Waals surface area contributed by atoms with Crippen LogP contribution in [0.5, 0.6) is 0 Å². The van der Waals surface area contributed by atoms with Crippen molar-refractivity contribution in [2.45, 2.75) is 26.8 Å². The number of carbonyl (C=O) groups excluding carboxylic acids is 1. The van der Waals surface area contributed by atoms with E-state index in [1.54, 1.807) is 0 Å². The molecule has 0 fully saturated rings. The number of carbonyl (C=O) groups is 1. The molecule has 5 nitrogen and oxygen atoms in total. The van der Waals surface area contributed by atoms with E-state index in [4.69, 9.17) is 4.52 Å². The molecule has 0 radical (unpaired) electrons. The molecule has 1 aliphatic rings. The van der Waals surface area contributed by atoms with Crippen LogP contribution in [0.15, 0.2) is 22.7 Å². The molecule has 0 aliphatic carbocycles. The molecule has 3 rings (SSSR count). The lowest BCUT2D eigenvalue weighted by molar-refractivity contribution is 0.0951. The van der Waals surface area contributed by atoms with Gasteiger partial charge in [0.2, 0.25) is 0 Å². The molecule has 2 N–H and O–H groups in total. The number of aryl methyl sites for hydroxylation is 2. The van der Waals surface area contributed by atoms with Crippen molar-refractivity contribution in [2.24, 2.45) is 0 Å². The lowest BCUT2D eigenvalue weighted by atomic mass is 10.1. The smallest absolute Gasteiger partial charge is 0.251 e. The van der Waals surface area contributed by atoms with Crippen LogP contribution in [-0.4, -0.2) is 17.6 Å². The molecule has 5 heteroatoms. The Morgan fingerprint density at radius 2 is 2.30 bits per heavy atom. The SMILES string of the molecule is Cc1noc(C)c1CNC(=O)c1ccc2c(c1)NCC2. The van der Waals surface area contributed by atoms with Gasteiger partial charge in [0.15, 0.2) is 0 Å². The van der Waals surface area contributed by atoms with E-state index in [2.05, 4.69) is 15.8 Å². The number of hydrogen-bond donors (Lipinski definition) is 2. The summed E-state index contributed by atoms with van der Waals surface area (Å²) in [5, 5.41) is 10.1. The molecule has 20 heavy (non-hydrogen) atoms. The molecule has 0 saturated heterocycles. The summed E-state index contributed by atoms with van der Waals surface area (Å²) in [6, 6.07) is 5.79. The molecule has 104 valence electrons. The van der Waals surface area contributed by atoms with Crippen molar-refractivity contribution in [1.29, 1.82) is 0 Å². The average Bonchev–Trinajstić information content (AvgIpc) is 3.03. The van der Waals surface area contributed by atoms with E-state index in [9.17, 15) is 4.79 Å². The quantitative estimate of drug-likeness (QED) is 0.898. The normalized spacial score (nSPS) is 12.9. The van der Waals surface area contributed by atoms with Crippen molar-refractivity contribution < 1.29 is 9.32 Å². The minimum Gasteiger partial charge on any atom is -0.384 e. The first-order chi connectivity index (χ1) is 9.65. The highest BCUT2D eigenvalue weighted by atomic mass is 16.5. The van der Waals surface area contributed by atoms with E-state index < -0.39 is 0 Å². The standard InChI is InChI=1S/C15H17N3O2/c1-9-13(10(2)20-18-9)8-17-15(19)12-4-3-11-5-6-16-14(11)7-12/h3-4,7,16H,5-6,8H2,1-2H3,(H,17,19). The summed E-state index contributed by atoms with van der Waals surface area (Å²) in [7, 11) is 0. The third-order valence-electron chi connectivity index (χ3n) is 3.69. The molecule has 0 unspecified atom stereocenters. The summed E-state index contributed by atoms with van der Waals surface area (Å²) in [6.07, 6.45) is 1.02. The summed E-state index contributed by atoms with van der Waals surface area (Å²) >= 11 is 0. The molecular formula is C15H17N3O2. The minimum atomic E-state index is -0.0819. The zero-order valence-electron chi connectivity index (χ0n) is 11.6. The van der Waals surface area contributed by atoms with E-state index in [0.717, 1.165) is 35.7 Å². The van der Waals surface area contributed by atoms with Gasteiger partial charge in [0, 0.05) is 29.9 Å². The summed E-state index contributed by atoms with van der Waals surface area (Å²) in [5.74, 6) is 0.667. The summed E-state index contributed by atoms with van der Waals surface area (Å²) in [6.45, 7) is 5.10. The topological polar surface area (TPSA) is 67.2 Å². The number of nitrogens with zero attached hydrogens (tertiary/aromatic N) is 1. The van der Waals surface area contributed by atoms with Crippen LogP contribution in [-0.2, 0) is 13.0 Å². The second-order valence-corrected chi connectivity index (χ2v) is 5.03. The van der Waals surface area contributed by atoms with E-state index in [1.807, 2.05) is 32.0 Å². The van der Waals surface area contributed by atoms with Crippen LogP contribution in [0, 0.1) is 13.8 Å². The highest BCUT2D eigenvalue weighted by Gasteiger charge is 2.14. The first-order valence-electron chi connectivity index (χ1n) is 6.72. The van der Waals surface area contributed by atoms with Crippen LogP contribution in [0.4, 0.5) is 5.69 Å². The number of nitrogens with one attached hydrogen (secondary N) is 2. The van der Waals surface area contributed by atoms with Gasteiger partial charge in [-0.05, 0) is 38.0 Å². The van der Waals surface area contributed by atoms with E-state index in [-0.39, 0.29) is 5.91 Å². The zero-order valence-corrected chi connectivity index (χ0v) is 11.6. The number of hydrogen-bond acceptors (Lipinski definition) is 4. The third-order valence-corrected chi connectivity index (χ3v) is 3.69. The predicted molar refractivity (Wildman–Crippen MR) is 75.8 cm³/mol. The average molecular weight is 271 g/mol. The predicted octanol–water partition coefficient (Wildman–Crippen LogP) is 2.19. The largest absolute Gasteiger partial charge is 0.384 e. The number of anilines is 1. The van der Waals surface area contributed by atoms with Crippen molar-refractivity contribution in [3.05, 3.63) is 46.3 Å². The Labute approximate surface area is 117 Å². The van der Waals surface area contributed by atoms with Crippen LogP contribution in [0.3, 0.4) is 0 Å². The Bertz CT molecular complexity index is 642. The van der Waals surface area contributed by atoms with Gasteiger partial charge in [-0.2, -0.15) is 0 Å². The van der Waals surface area contributed by atoms with Gasteiger partial charge in [-0.15, -0.1) is 0 Å². The Morgan fingerprint density at radius 1 is 1.45 bits per heavy atom. The maximum Gasteiger partial charge on any atom is 0.251 e. The van der Waals surface area contributed by atoms with Gasteiger partial charge in [0.05, 0.1) is 5.69 Å². The molecule has 0 atom stereocenters. The van der Waals surface area contributed by atoms with Gasteiger partial charge in [0.25, 0.3) is 5.91 Å². The number of fused-ring (bicyclic) bond motifs is 1. The van der Waals surface area contributed by atoms with Gasteiger partial charge in [-0.3, -0.25) is 4.79 Å². The van der Waals surface area contributed by atoms with Crippen LogP contribution in [0.2, 0.25) is 0 Å². The maximum absolute atomic E-state index is 12.2. The van der Waals surface area contributed by atoms with Gasteiger partial charge < -0.3 is 15.2 Å². The van der Waals surface area contributed by atoms with E-state index in [1.165, 1.54) is 5.56 Å². The van der Waals surface area contributed by atoms with E-state index in [0.29, 0.717) is 12.1 Å². The van der Waals surface area contributed by atoms with Crippen molar-refractivity contribution in [3.8, 4) is 0 Å². The lowest BCUT2D eigenvalue weighted by Crippen LogP contribution is -2.23. The molecule has 0 saturated carbocycles. The van der Waals surface area contributed by atoms with Gasteiger partial charge in [-0.25, -0.2) is 0 Å². The highest BCUT2D eigenvalue weighted by Crippen LogP contribution is 2.23. The zero-order chi connectivity index (χ0) is 14.1. The maximum atomic E-state index is 12.2. The number of rotatable bonds is 3. The van der Waals surface area contributed by atoms with Crippen molar-refractivity contribution in [1.82, 2.24) is 10.5 Å². The van der Waals surface area contributed by atoms with Crippen LogP contribution in [0.1, 0.15) is 32.9 Å². The minimum absolute atomic E-state index is 0.0819. The molecule has 1 aliphatic heterocycles. The second kappa shape index (κ2) is 5.00. The first kappa shape index (κ1) is 12.7. The number of benzene rings is 1. The van der Waals surface area contributed by atoms with Gasteiger partial charge in [0.1, 0.15) is 5.76 Å². The van der Waals surface area contributed by atoms with Gasteiger partial charge in [-0.1, -0.05) is 11.2 Å². The molecule has 2 aromatic rings. The van der Waals surface area contributed by atoms with Gasteiger partial charge >= 0.3 is 0 Å². The monoisotopic (exact) mass is 271 g/mol. The van der Waals surface area contributed by atoms with E-state index >= 15 is 0 Å². The number of amides is 1. The Hall–Kier alpha value is -2.30. The fourth-order valence-corrected chi connectivity index (χ4v) is 2.46. The number of aromatic nitrogens is 1. The molecule has 1 aromatic heterocycles. The fourth-order valence-electron chi connectivity index (χ4n) is 2.46. The molecule has 1 aromatic carbocycles. The van der Waals surface area contributed by atoms with Crippen molar-refractivity contribution >= 4 is 11.6 Å². The van der Waals surface area contributed by atoms with Crippen LogP contribution < -0.4 is 10.6 Å². The lowest BCUT2D eigenvalue weighted by Gasteiger charge is -2.07. The first-order valence-corrected chi connectivity index (χ1v) is 6.72. The molecular weight excluding hydrogens is 254 g/mol. The molecule has 1 amide bonds. The van der Waals surface area contributed by atoms with Crippen LogP contribution >= 0.6 is 0 Å². The summed E-state index contributed by atoms with van der Waals surface area (Å²) in [5.41, 5.74) is 4.77. The third kappa shape index (κ3) is 2.27. The molecule has 0 bridgehead atoms. The van der Waals surface area contributed by atoms with Crippen molar-refractivity contribution in [2.75, 3.05) is 11.9 Å². The Balaban J connectivity index is 1.71. The molecule has 2 heterocycles. The Morgan fingerprint density at radius 3 is 3.05 bits per heavy atom. The fraction of sp³-hybridized carbons (Fsp3) is 0.333. The van der Waals surface area contributed by atoms with Crippen LogP contribution in [0.25, 0.3) is 0 Å². The highest BCUT2D eigenvalue weighted by molar-refractivity contribution is 5.95.